The molecule has 1 saturated heterocycles. The summed E-state index contributed by atoms with van der Waals surface area (Å²) in [6, 6.07) is 0. The van der Waals surface area contributed by atoms with Crippen molar-refractivity contribution >= 4 is 11.7 Å². The minimum atomic E-state index is -1.23. The molecule has 1 amide bonds. The van der Waals surface area contributed by atoms with Crippen molar-refractivity contribution in [1.82, 2.24) is 4.90 Å². The van der Waals surface area contributed by atoms with Crippen molar-refractivity contribution in [3.63, 3.8) is 0 Å². The minimum Gasteiger partial charge on any atom is -0.395 e. The largest absolute Gasteiger partial charge is 0.395 e. The maximum Gasteiger partial charge on any atom is 0.228 e. The number of aliphatic hydroxyl groups excluding tert-OH is 2. The molecule has 5 aliphatic carbocycles. The lowest BCUT2D eigenvalue weighted by molar-refractivity contribution is -0.176. The number of hydrogen-bond acceptors (Lipinski definition) is 5. The first-order valence-electron chi connectivity index (χ1n) is 15.5. The SMILES string of the molecule is C[C@@]1(C(=O)N2CCOCC2)CC[C@]2(C)CC[C@]3(C)C4=CC=C5C(=CC(=O)[C@H](O)[C@@]5(C)CO)[C@]4(C)CC[C@@]3(C)[C@@H]2C1. The highest BCUT2D eigenvalue weighted by Crippen LogP contribution is 2.75. The summed E-state index contributed by atoms with van der Waals surface area (Å²) in [5.74, 6) is 0.432. The van der Waals surface area contributed by atoms with Gasteiger partial charge in [0.05, 0.1) is 19.8 Å². The van der Waals surface area contributed by atoms with Gasteiger partial charge >= 0.3 is 0 Å². The summed E-state index contributed by atoms with van der Waals surface area (Å²) < 4.78 is 5.54. The lowest BCUT2D eigenvalue weighted by Gasteiger charge is -2.70. The van der Waals surface area contributed by atoms with E-state index in [1.807, 2.05) is 11.8 Å². The molecule has 6 rings (SSSR count). The van der Waals surface area contributed by atoms with E-state index >= 15 is 0 Å². The van der Waals surface area contributed by atoms with Crippen LogP contribution in [0.5, 0.6) is 0 Å². The van der Waals surface area contributed by atoms with Gasteiger partial charge in [0.2, 0.25) is 5.91 Å². The molecule has 1 aliphatic heterocycles. The van der Waals surface area contributed by atoms with Crippen LogP contribution in [0.3, 0.4) is 0 Å². The number of amides is 1. The van der Waals surface area contributed by atoms with Gasteiger partial charge in [-0.3, -0.25) is 9.59 Å². The molecule has 0 aromatic carbocycles. The van der Waals surface area contributed by atoms with Gasteiger partial charge < -0.3 is 19.8 Å². The molecule has 6 nitrogen and oxygen atoms in total. The first-order valence-corrected chi connectivity index (χ1v) is 15.5. The Morgan fingerprint density at radius 2 is 1.62 bits per heavy atom. The monoisotopic (exact) mass is 551 g/mol. The quantitative estimate of drug-likeness (QED) is 0.505. The van der Waals surface area contributed by atoms with Gasteiger partial charge in [-0.15, -0.1) is 0 Å². The smallest absolute Gasteiger partial charge is 0.228 e. The molecule has 0 spiro atoms. The van der Waals surface area contributed by atoms with Gasteiger partial charge in [-0.2, -0.15) is 0 Å². The van der Waals surface area contributed by atoms with Gasteiger partial charge in [0.1, 0.15) is 6.10 Å². The molecule has 1 heterocycles. The highest BCUT2D eigenvalue weighted by atomic mass is 16.5. The van der Waals surface area contributed by atoms with E-state index < -0.39 is 11.5 Å². The van der Waals surface area contributed by atoms with Crippen molar-refractivity contribution in [3.05, 3.63) is 34.9 Å². The van der Waals surface area contributed by atoms with Crippen molar-refractivity contribution in [2.45, 2.75) is 92.6 Å². The molecule has 0 unspecified atom stereocenters. The molecule has 2 N–H and O–H groups in total. The summed E-state index contributed by atoms with van der Waals surface area (Å²) in [5.41, 5.74) is 1.76. The Labute approximate surface area is 239 Å². The van der Waals surface area contributed by atoms with Gasteiger partial charge in [-0.05, 0) is 84.3 Å². The van der Waals surface area contributed by atoms with Gasteiger partial charge in [0.15, 0.2) is 5.78 Å². The molecule has 220 valence electrons. The van der Waals surface area contributed by atoms with E-state index in [9.17, 15) is 19.8 Å². The molecular weight excluding hydrogens is 502 g/mol. The lowest BCUT2D eigenvalue weighted by Crippen LogP contribution is -2.63. The Balaban J connectivity index is 1.41. The summed E-state index contributed by atoms with van der Waals surface area (Å²) in [4.78, 5) is 29.0. The zero-order valence-electron chi connectivity index (χ0n) is 25.4. The number of aliphatic hydroxyl groups is 2. The number of rotatable bonds is 2. The predicted octanol–water partition coefficient (Wildman–Crippen LogP) is 5.00. The second-order valence-corrected chi connectivity index (χ2v) is 15.6. The highest BCUT2D eigenvalue weighted by Gasteiger charge is 2.68. The van der Waals surface area contributed by atoms with E-state index in [2.05, 4.69) is 46.8 Å². The van der Waals surface area contributed by atoms with Gasteiger partial charge in [-0.1, -0.05) is 59.3 Å². The molecule has 3 saturated carbocycles. The Morgan fingerprint density at radius 3 is 2.30 bits per heavy atom. The summed E-state index contributed by atoms with van der Waals surface area (Å²) in [5, 5.41) is 21.1. The summed E-state index contributed by atoms with van der Waals surface area (Å²) in [7, 11) is 0. The standard InChI is InChI=1S/C34H49NO5/c1-29-9-10-30(2,28(39)35-15-17-40-18-16-35)20-26(29)34(6)14-12-31(3)23-19-24(37)27(38)32(4,21-36)22(23)7-8-25(31)33(34,5)13-11-29/h7-8,19,26-27,36,38H,9-18,20-21H2,1-6H3/t26-,27+,29-,30-,31+,32+,33-,34+/m1/s1. The molecule has 6 aliphatic rings. The third kappa shape index (κ3) is 3.51. The van der Waals surface area contributed by atoms with Crippen LogP contribution in [-0.4, -0.2) is 65.8 Å². The number of nitrogens with zero attached hydrogens (tertiary/aromatic N) is 1. The molecule has 0 bridgehead atoms. The summed E-state index contributed by atoms with van der Waals surface area (Å²) in [6.07, 6.45) is 12.0. The molecule has 0 aromatic heterocycles. The number of carbonyl (C=O) groups is 2. The Bertz CT molecular complexity index is 1230. The van der Waals surface area contributed by atoms with Gasteiger partial charge in [0.25, 0.3) is 0 Å². The van der Waals surface area contributed by atoms with Crippen LogP contribution >= 0.6 is 0 Å². The van der Waals surface area contributed by atoms with Crippen molar-refractivity contribution in [2.75, 3.05) is 32.9 Å². The van der Waals surface area contributed by atoms with Crippen molar-refractivity contribution < 1.29 is 24.5 Å². The fourth-order valence-electron chi connectivity index (χ4n) is 10.3. The van der Waals surface area contributed by atoms with Crippen LogP contribution in [0.15, 0.2) is 34.9 Å². The number of ether oxygens (including phenoxy) is 1. The highest BCUT2D eigenvalue weighted by molar-refractivity contribution is 5.98. The van der Waals surface area contributed by atoms with Crippen LogP contribution in [0, 0.1) is 38.4 Å². The van der Waals surface area contributed by atoms with Crippen LogP contribution in [0.1, 0.15) is 86.5 Å². The van der Waals surface area contributed by atoms with Gasteiger partial charge in [-0.25, -0.2) is 0 Å². The van der Waals surface area contributed by atoms with Crippen LogP contribution in [-0.2, 0) is 14.3 Å². The van der Waals surface area contributed by atoms with Crippen LogP contribution in [0.4, 0.5) is 0 Å². The average Bonchev–Trinajstić information content (AvgIpc) is 2.94. The second kappa shape index (κ2) is 8.87. The minimum absolute atomic E-state index is 0.0166. The number of morpholine rings is 1. The van der Waals surface area contributed by atoms with E-state index in [1.54, 1.807) is 6.08 Å². The number of carbonyl (C=O) groups excluding carboxylic acids is 2. The molecule has 0 aromatic rings. The fraction of sp³-hybridized carbons (Fsp3) is 0.765. The molecular formula is C34H49NO5. The van der Waals surface area contributed by atoms with Crippen LogP contribution in [0.25, 0.3) is 0 Å². The maximum absolute atomic E-state index is 14.0. The van der Waals surface area contributed by atoms with Crippen LogP contribution in [0.2, 0.25) is 0 Å². The third-order valence-electron chi connectivity index (χ3n) is 13.5. The number of fused-ring (bicyclic) bond motifs is 7. The molecule has 4 fully saturated rings. The Hall–Kier alpha value is -1.76. The van der Waals surface area contributed by atoms with Gasteiger partial charge in [0, 0.05) is 29.3 Å². The molecule has 0 radical (unpaired) electrons. The zero-order chi connectivity index (χ0) is 28.9. The lowest BCUT2D eigenvalue weighted by atomic mass is 9.34. The van der Waals surface area contributed by atoms with E-state index in [-0.39, 0.29) is 39.5 Å². The van der Waals surface area contributed by atoms with Crippen LogP contribution < -0.4 is 0 Å². The third-order valence-corrected chi connectivity index (χ3v) is 13.5. The Morgan fingerprint density at radius 1 is 0.950 bits per heavy atom. The second-order valence-electron chi connectivity index (χ2n) is 15.6. The van der Waals surface area contributed by atoms with E-state index in [1.165, 1.54) is 5.57 Å². The topological polar surface area (TPSA) is 87.1 Å². The van der Waals surface area contributed by atoms with E-state index in [0.29, 0.717) is 38.1 Å². The van der Waals surface area contributed by atoms with Crippen molar-refractivity contribution in [2.24, 2.45) is 38.4 Å². The Kier molecular flexibility index (Phi) is 6.29. The molecule has 8 atom stereocenters. The van der Waals surface area contributed by atoms with E-state index in [4.69, 9.17) is 4.74 Å². The molecule has 6 heteroatoms. The maximum atomic E-state index is 14.0. The first kappa shape index (κ1) is 28.4. The average molecular weight is 552 g/mol. The zero-order valence-corrected chi connectivity index (χ0v) is 25.4. The van der Waals surface area contributed by atoms with E-state index in [0.717, 1.165) is 56.1 Å². The van der Waals surface area contributed by atoms with Crippen molar-refractivity contribution in [3.8, 4) is 0 Å². The fourth-order valence-corrected chi connectivity index (χ4v) is 10.3. The first-order chi connectivity index (χ1) is 18.7. The normalized spacial score (nSPS) is 48.5. The summed E-state index contributed by atoms with van der Waals surface area (Å²) in [6.45, 7) is 16.1. The number of hydrogen-bond donors (Lipinski definition) is 2. The number of ketones is 1. The number of allylic oxidation sites excluding steroid dienone is 4. The molecule has 40 heavy (non-hydrogen) atoms. The summed E-state index contributed by atoms with van der Waals surface area (Å²) >= 11 is 0. The van der Waals surface area contributed by atoms with Crippen molar-refractivity contribution in [1.29, 1.82) is 0 Å². The predicted molar refractivity (Wildman–Crippen MR) is 154 cm³/mol.